The number of rotatable bonds is 28. The van der Waals surface area contributed by atoms with Gasteiger partial charge in [-0.15, -0.1) is 0 Å². The maximum Gasteiger partial charge on any atom is 0.409 e. The van der Waals surface area contributed by atoms with E-state index in [2.05, 4.69) is 25.7 Å². The van der Waals surface area contributed by atoms with Crippen LogP contribution < -0.4 is 5.32 Å². The van der Waals surface area contributed by atoms with Gasteiger partial charge < -0.3 is 56.8 Å². The van der Waals surface area contributed by atoms with E-state index < -0.39 is 103 Å². The van der Waals surface area contributed by atoms with Crippen LogP contribution >= 0.6 is 0 Å². The van der Waals surface area contributed by atoms with Gasteiger partial charge in [0.2, 0.25) is 11.4 Å². The number of alkyl carbamates (subject to hydrolysis) is 1. The molecule has 2 aliphatic heterocycles. The Morgan fingerprint density at radius 3 is 2.08 bits per heavy atom. The van der Waals surface area contributed by atoms with Crippen molar-refractivity contribution >= 4 is 29.8 Å². The predicted octanol–water partition coefficient (Wildman–Crippen LogP) is 5.63. The Bertz CT molecular complexity index is 1780. The fourth-order valence-corrected chi connectivity index (χ4v) is 8.35. The molecule has 0 aromatic heterocycles. The molecule has 0 saturated carbocycles. The topological polar surface area (TPSA) is 208 Å². The minimum atomic E-state index is -2.97. The number of methoxy groups -OCH3 is 4. The number of carbonyl (C=O) groups excluding carboxylic acids is 5. The summed E-state index contributed by atoms with van der Waals surface area (Å²) in [6, 6.07) is 9.50. The highest BCUT2D eigenvalue weighted by molar-refractivity contribution is 6.03. The SMILES string of the molecule is C=C(C[C@@]12OC(NC(=O)OC(C)(C)C)[C@@](OCOCCOC)(C(=O)OC)[C@](C(=O)OC)(O1)[C@H](C(=O)/C=C/[C@@H](C)C[C@@H](C)CC)[C@H]2OCOCCOC)[C@@H](OC(C)=O)[C@H](C)Cc1ccccc1. The van der Waals surface area contributed by atoms with Crippen LogP contribution in [0.2, 0.25) is 0 Å². The first-order valence-corrected chi connectivity index (χ1v) is 22.3. The van der Waals surface area contributed by atoms with Gasteiger partial charge in [0.25, 0.3) is 5.60 Å². The van der Waals surface area contributed by atoms with Crippen molar-refractivity contribution in [3.05, 3.63) is 60.2 Å². The van der Waals surface area contributed by atoms with Crippen molar-refractivity contribution < 1.29 is 80.8 Å². The predicted molar refractivity (Wildman–Crippen MR) is 238 cm³/mol. The van der Waals surface area contributed by atoms with Crippen LogP contribution in [-0.4, -0.2) is 139 Å². The Morgan fingerprint density at radius 2 is 1.52 bits per heavy atom. The number of fused-ring (bicyclic) bond motifs is 2. The van der Waals surface area contributed by atoms with Gasteiger partial charge in [-0.05, 0) is 62.7 Å². The molecule has 2 heterocycles. The maximum absolute atomic E-state index is 15.3. The molecule has 18 heteroatoms. The third-order valence-corrected chi connectivity index (χ3v) is 11.4. The van der Waals surface area contributed by atoms with Crippen LogP contribution in [0.15, 0.2) is 54.6 Å². The molecule has 0 spiro atoms. The standard InChI is InChI=1S/C48H73NO17/c1-14-31(2)26-32(3)20-21-37(51)38-40(61-29-59-24-22-55-10)46(28-34(5)39(63-35(6)50)33(4)27-36-18-16-15-17-19-36)64-41(49-44(54)65-45(7,8)9)48(43(53)58-13,62-30-60-25-23-56-11)47(38,66-46)42(52)57-12/h15-21,31-33,38-41H,5,14,22-30H2,1-4,6-13H3,(H,49,54)/b21-20+/t31-,32+,33+,38+,39-,40+,41?,46+,47-,48+/m0/s1. The van der Waals surface area contributed by atoms with Crippen molar-refractivity contribution in [1.82, 2.24) is 5.32 Å². The lowest BCUT2D eigenvalue weighted by Gasteiger charge is -2.53. The fraction of sp³-hybridized carbons (Fsp3) is 0.688. The van der Waals surface area contributed by atoms with Gasteiger partial charge in [-0.25, -0.2) is 14.4 Å². The summed E-state index contributed by atoms with van der Waals surface area (Å²) in [5, 5.41) is 2.57. The first kappa shape index (κ1) is 56.1. The molecule has 1 N–H and O–H groups in total. The van der Waals surface area contributed by atoms with E-state index in [4.69, 9.17) is 56.8 Å². The highest BCUT2D eigenvalue weighted by Gasteiger charge is 2.86. The van der Waals surface area contributed by atoms with Crippen molar-refractivity contribution in [3.63, 3.8) is 0 Å². The van der Waals surface area contributed by atoms with Crippen molar-refractivity contribution in [3.8, 4) is 0 Å². The van der Waals surface area contributed by atoms with Gasteiger partial charge in [0, 0.05) is 33.5 Å². The van der Waals surface area contributed by atoms with Crippen LogP contribution in [0.1, 0.15) is 80.2 Å². The summed E-state index contributed by atoms with van der Waals surface area (Å²) < 4.78 is 70.8. The Kier molecular flexibility index (Phi) is 21.9. The number of esters is 3. The van der Waals surface area contributed by atoms with Crippen LogP contribution in [0.5, 0.6) is 0 Å². The summed E-state index contributed by atoms with van der Waals surface area (Å²) in [6.07, 6.45) is -1.42. The molecule has 1 aromatic carbocycles. The average molecular weight is 936 g/mol. The summed E-state index contributed by atoms with van der Waals surface area (Å²) in [5.41, 5.74) is -5.86. The molecule has 10 atom stereocenters. The largest absolute Gasteiger partial charge is 0.467 e. The number of hydrogen-bond donors (Lipinski definition) is 1. The summed E-state index contributed by atoms with van der Waals surface area (Å²) in [6.45, 7) is 17.4. The normalized spacial score (nSPS) is 25.6. The minimum absolute atomic E-state index is 0.0425. The molecule has 1 aromatic rings. The van der Waals surface area contributed by atoms with Gasteiger partial charge in [-0.1, -0.05) is 77.1 Å². The average Bonchev–Trinajstić information content (AvgIpc) is 3.50. The number of amides is 1. The van der Waals surface area contributed by atoms with Gasteiger partial charge in [0.1, 0.15) is 31.4 Å². The Labute approximate surface area is 389 Å². The monoisotopic (exact) mass is 935 g/mol. The zero-order valence-corrected chi connectivity index (χ0v) is 40.8. The van der Waals surface area contributed by atoms with Crippen LogP contribution in [0.25, 0.3) is 0 Å². The van der Waals surface area contributed by atoms with E-state index in [9.17, 15) is 14.4 Å². The van der Waals surface area contributed by atoms with Gasteiger partial charge in [0.15, 0.2) is 12.0 Å². The van der Waals surface area contributed by atoms with Crippen LogP contribution in [0.3, 0.4) is 0 Å². The molecule has 1 unspecified atom stereocenters. The Morgan fingerprint density at radius 1 is 0.894 bits per heavy atom. The molecule has 1 amide bonds. The summed E-state index contributed by atoms with van der Waals surface area (Å²) in [4.78, 5) is 72.1. The lowest BCUT2D eigenvalue weighted by atomic mass is 9.69. The highest BCUT2D eigenvalue weighted by Crippen LogP contribution is 2.60. The first-order valence-electron chi connectivity index (χ1n) is 22.3. The van der Waals surface area contributed by atoms with Crippen LogP contribution in [0.4, 0.5) is 4.79 Å². The van der Waals surface area contributed by atoms with Crippen molar-refractivity contribution in [2.45, 2.75) is 122 Å². The lowest BCUT2D eigenvalue weighted by Crippen LogP contribution is -2.80. The van der Waals surface area contributed by atoms with E-state index in [-0.39, 0.29) is 37.9 Å². The molecule has 2 saturated heterocycles. The first-order chi connectivity index (χ1) is 31.2. The zero-order valence-electron chi connectivity index (χ0n) is 40.8. The van der Waals surface area contributed by atoms with Crippen LogP contribution in [-0.2, 0) is 82.4 Å². The zero-order chi connectivity index (χ0) is 49.3. The van der Waals surface area contributed by atoms with Gasteiger partial charge in [-0.2, -0.15) is 0 Å². The number of ether oxygens (including phenoxy) is 12. The van der Waals surface area contributed by atoms with Crippen molar-refractivity contribution in [1.29, 1.82) is 0 Å². The number of benzene rings is 1. The van der Waals surface area contributed by atoms with E-state index in [0.717, 1.165) is 32.6 Å². The molecule has 2 aliphatic rings. The van der Waals surface area contributed by atoms with Crippen LogP contribution in [0, 0.1) is 23.7 Å². The molecule has 2 bridgehead atoms. The van der Waals surface area contributed by atoms with Crippen molar-refractivity contribution in [2.24, 2.45) is 23.7 Å². The van der Waals surface area contributed by atoms with Gasteiger partial charge in [0.05, 0.1) is 46.6 Å². The summed E-state index contributed by atoms with van der Waals surface area (Å²) in [7, 11) is 4.97. The quantitative estimate of drug-likeness (QED) is 0.0270. The third kappa shape index (κ3) is 13.9. The number of allylic oxidation sites excluding steroid dienone is 2. The molecule has 3 rings (SSSR count). The lowest BCUT2D eigenvalue weighted by molar-refractivity contribution is -0.395. The van der Waals surface area contributed by atoms with E-state index in [0.29, 0.717) is 12.3 Å². The molecule has 18 nitrogen and oxygen atoms in total. The van der Waals surface area contributed by atoms with Crippen molar-refractivity contribution in [2.75, 3.05) is 68.5 Å². The van der Waals surface area contributed by atoms with E-state index in [1.54, 1.807) is 26.8 Å². The molecular weight excluding hydrogens is 863 g/mol. The molecule has 66 heavy (non-hydrogen) atoms. The third-order valence-electron chi connectivity index (χ3n) is 11.4. The van der Waals surface area contributed by atoms with E-state index >= 15 is 9.59 Å². The van der Waals surface area contributed by atoms with Gasteiger partial charge in [-0.3, -0.25) is 14.9 Å². The molecule has 372 valence electrons. The minimum Gasteiger partial charge on any atom is -0.467 e. The Hall–Kier alpha value is -4.27. The fourth-order valence-electron chi connectivity index (χ4n) is 8.35. The molecule has 0 aliphatic carbocycles. The summed E-state index contributed by atoms with van der Waals surface area (Å²) >= 11 is 0. The highest BCUT2D eigenvalue weighted by atomic mass is 16.8. The Balaban J connectivity index is 2.49. The molecule has 2 fully saturated rings. The second kappa shape index (κ2) is 25.7. The second-order valence-corrected chi connectivity index (χ2v) is 17.8. The molecular formula is C48H73NO17. The maximum atomic E-state index is 15.3. The summed E-state index contributed by atoms with van der Waals surface area (Å²) in [5.74, 6) is -8.55. The van der Waals surface area contributed by atoms with Gasteiger partial charge >= 0.3 is 24.0 Å². The number of carbonyl (C=O) groups is 5. The number of ketones is 1. The molecule has 0 radical (unpaired) electrons. The van der Waals surface area contributed by atoms with E-state index in [1.807, 2.05) is 44.2 Å². The second-order valence-electron chi connectivity index (χ2n) is 17.8. The van der Waals surface area contributed by atoms with E-state index in [1.165, 1.54) is 27.2 Å². The smallest absolute Gasteiger partial charge is 0.409 e. The number of hydrogen-bond acceptors (Lipinski definition) is 17. The number of nitrogens with one attached hydrogen (secondary N) is 1.